The van der Waals surface area contributed by atoms with Crippen molar-refractivity contribution in [2.45, 2.75) is 40.0 Å². The lowest BCUT2D eigenvalue weighted by Crippen LogP contribution is -2.42. The first kappa shape index (κ1) is 21.9. The van der Waals surface area contributed by atoms with Gasteiger partial charge in [0.05, 0.1) is 12.2 Å². The highest BCUT2D eigenvalue weighted by molar-refractivity contribution is 5.98. The van der Waals surface area contributed by atoms with E-state index in [-0.39, 0.29) is 18.7 Å². The van der Waals surface area contributed by atoms with Crippen molar-refractivity contribution in [1.29, 1.82) is 0 Å². The number of para-hydroxylation sites is 1. The number of anilines is 1. The quantitative estimate of drug-likeness (QED) is 0.596. The van der Waals surface area contributed by atoms with Crippen molar-refractivity contribution < 1.29 is 19.1 Å². The van der Waals surface area contributed by atoms with Crippen molar-refractivity contribution in [2.24, 2.45) is 0 Å². The zero-order chi connectivity index (χ0) is 21.2. The van der Waals surface area contributed by atoms with E-state index in [9.17, 15) is 14.4 Å². The van der Waals surface area contributed by atoms with Crippen molar-refractivity contribution in [1.82, 2.24) is 10.9 Å². The van der Waals surface area contributed by atoms with Crippen molar-refractivity contribution in [3.8, 4) is 5.75 Å². The van der Waals surface area contributed by atoms with Crippen LogP contribution in [0, 0.1) is 13.8 Å². The molecule has 0 aliphatic heterocycles. The van der Waals surface area contributed by atoms with Gasteiger partial charge in [-0.15, -0.1) is 0 Å². The van der Waals surface area contributed by atoms with Crippen LogP contribution in [0.3, 0.4) is 0 Å². The van der Waals surface area contributed by atoms with E-state index in [1.165, 1.54) is 0 Å². The molecular weight excluding hydrogens is 370 g/mol. The average Bonchev–Trinajstić information content (AvgIpc) is 2.71. The molecule has 0 bridgehead atoms. The standard InChI is InChI=1S/C22H27N3O4/c1-4-13-29-19-8-6-5-7-17(19)22(28)25-24-21(27)12-11-20(26)23-18-14-15(2)9-10-16(18)3/h5-10,14H,4,11-13H2,1-3H3,(H,23,26)(H,24,27)(H,25,28). The van der Waals surface area contributed by atoms with Crippen LogP contribution in [0.1, 0.15) is 47.7 Å². The van der Waals surface area contributed by atoms with Crippen molar-refractivity contribution in [3.63, 3.8) is 0 Å². The van der Waals surface area contributed by atoms with Gasteiger partial charge in [-0.3, -0.25) is 25.2 Å². The van der Waals surface area contributed by atoms with Gasteiger partial charge < -0.3 is 10.1 Å². The Morgan fingerprint density at radius 2 is 1.66 bits per heavy atom. The first-order chi connectivity index (χ1) is 13.9. The van der Waals surface area contributed by atoms with E-state index >= 15 is 0 Å². The summed E-state index contributed by atoms with van der Waals surface area (Å²) in [5, 5.41) is 2.80. The molecule has 154 valence electrons. The fourth-order valence-corrected chi connectivity index (χ4v) is 2.56. The van der Waals surface area contributed by atoms with E-state index in [1.54, 1.807) is 24.3 Å². The second-order valence-corrected chi connectivity index (χ2v) is 6.71. The van der Waals surface area contributed by atoms with E-state index in [0.29, 0.717) is 17.9 Å². The van der Waals surface area contributed by atoms with Gasteiger partial charge in [0.25, 0.3) is 5.91 Å². The maximum absolute atomic E-state index is 12.3. The summed E-state index contributed by atoms with van der Waals surface area (Å²) in [5.41, 5.74) is 7.73. The Bertz CT molecular complexity index is 880. The third kappa shape index (κ3) is 6.95. The molecule has 0 saturated carbocycles. The number of benzene rings is 2. The summed E-state index contributed by atoms with van der Waals surface area (Å²) >= 11 is 0. The molecule has 3 N–H and O–H groups in total. The molecule has 7 nitrogen and oxygen atoms in total. The van der Waals surface area contributed by atoms with Gasteiger partial charge in [-0.1, -0.05) is 31.2 Å². The number of carbonyl (C=O) groups excluding carboxylic acids is 3. The number of nitrogens with one attached hydrogen (secondary N) is 3. The molecule has 0 aliphatic rings. The molecule has 0 aromatic heterocycles. The number of hydrogen-bond acceptors (Lipinski definition) is 4. The largest absolute Gasteiger partial charge is 0.493 e. The Kier molecular flexibility index (Phi) is 8.21. The molecule has 29 heavy (non-hydrogen) atoms. The molecular formula is C22H27N3O4. The molecule has 0 unspecified atom stereocenters. The van der Waals surface area contributed by atoms with Gasteiger partial charge in [0.2, 0.25) is 11.8 Å². The monoisotopic (exact) mass is 397 g/mol. The predicted molar refractivity (Wildman–Crippen MR) is 112 cm³/mol. The second kappa shape index (κ2) is 10.8. The molecule has 2 rings (SSSR count). The summed E-state index contributed by atoms with van der Waals surface area (Å²) in [6, 6.07) is 12.6. The number of hydrogen-bond donors (Lipinski definition) is 3. The highest BCUT2D eigenvalue weighted by atomic mass is 16.5. The highest BCUT2D eigenvalue weighted by Gasteiger charge is 2.14. The van der Waals surface area contributed by atoms with Gasteiger partial charge in [0.15, 0.2) is 0 Å². The fraction of sp³-hybridized carbons (Fsp3) is 0.318. The van der Waals surface area contributed by atoms with Crippen LogP contribution in [0.4, 0.5) is 5.69 Å². The van der Waals surface area contributed by atoms with Gasteiger partial charge in [0.1, 0.15) is 5.75 Å². The number of amides is 3. The van der Waals surface area contributed by atoms with Crippen LogP contribution >= 0.6 is 0 Å². The Labute approximate surface area is 170 Å². The van der Waals surface area contributed by atoms with Crippen LogP contribution < -0.4 is 20.9 Å². The molecule has 0 fully saturated rings. The second-order valence-electron chi connectivity index (χ2n) is 6.71. The molecule has 0 heterocycles. The Balaban J connectivity index is 1.80. The SMILES string of the molecule is CCCOc1ccccc1C(=O)NNC(=O)CCC(=O)Nc1cc(C)ccc1C. The summed E-state index contributed by atoms with van der Waals surface area (Å²) in [6.45, 7) is 6.31. The first-order valence-electron chi connectivity index (χ1n) is 9.58. The van der Waals surface area contributed by atoms with Crippen LogP contribution in [0.5, 0.6) is 5.75 Å². The Morgan fingerprint density at radius 1 is 0.931 bits per heavy atom. The molecule has 0 radical (unpaired) electrons. The van der Waals surface area contributed by atoms with Crippen LogP contribution in [0.2, 0.25) is 0 Å². The van der Waals surface area contributed by atoms with Gasteiger partial charge >= 0.3 is 0 Å². The lowest BCUT2D eigenvalue weighted by molar-refractivity contribution is -0.124. The number of aryl methyl sites for hydroxylation is 2. The van der Waals surface area contributed by atoms with E-state index in [2.05, 4.69) is 16.2 Å². The summed E-state index contributed by atoms with van der Waals surface area (Å²) < 4.78 is 5.54. The molecule has 0 atom stereocenters. The van der Waals surface area contributed by atoms with Crippen LogP contribution in [0.15, 0.2) is 42.5 Å². The molecule has 0 saturated heterocycles. The molecule has 3 amide bonds. The van der Waals surface area contributed by atoms with Crippen LogP contribution in [-0.4, -0.2) is 24.3 Å². The molecule has 2 aromatic rings. The normalized spacial score (nSPS) is 10.2. The Hall–Kier alpha value is -3.35. The minimum Gasteiger partial charge on any atom is -0.493 e. The summed E-state index contributed by atoms with van der Waals surface area (Å²) in [4.78, 5) is 36.4. The van der Waals surface area contributed by atoms with E-state index in [1.807, 2.05) is 39.0 Å². The maximum Gasteiger partial charge on any atom is 0.273 e. The zero-order valence-electron chi connectivity index (χ0n) is 17.0. The van der Waals surface area contributed by atoms with Crippen LogP contribution in [0.25, 0.3) is 0 Å². The minimum atomic E-state index is -0.482. The number of carbonyl (C=O) groups is 3. The van der Waals surface area contributed by atoms with E-state index in [4.69, 9.17) is 4.74 Å². The predicted octanol–water partition coefficient (Wildman–Crippen LogP) is 3.27. The van der Waals surface area contributed by atoms with E-state index in [0.717, 1.165) is 23.2 Å². The third-order valence-corrected chi connectivity index (χ3v) is 4.16. The Morgan fingerprint density at radius 3 is 2.41 bits per heavy atom. The topological polar surface area (TPSA) is 96.5 Å². The molecule has 2 aromatic carbocycles. The van der Waals surface area contributed by atoms with Crippen molar-refractivity contribution in [2.75, 3.05) is 11.9 Å². The van der Waals surface area contributed by atoms with Crippen molar-refractivity contribution in [3.05, 3.63) is 59.2 Å². The lowest BCUT2D eigenvalue weighted by Gasteiger charge is -2.12. The third-order valence-electron chi connectivity index (χ3n) is 4.16. The minimum absolute atomic E-state index is 0.00524. The first-order valence-corrected chi connectivity index (χ1v) is 9.58. The number of rotatable bonds is 8. The molecule has 0 spiro atoms. The van der Waals surface area contributed by atoms with Crippen LogP contribution in [-0.2, 0) is 9.59 Å². The summed E-state index contributed by atoms with van der Waals surface area (Å²) in [5.74, 6) is -0.751. The zero-order valence-corrected chi connectivity index (χ0v) is 17.0. The maximum atomic E-state index is 12.3. The van der Waals surface area contributed by atoms with Gasteiger partial charge in [-0.25, -0.2) is 0 Å². The van der Waals surface area contributed by atoms with E-state index < -0.39 is 11.8 Å². The van der Waals surface area contributed by atoms with Gasteiger partial charge in [-0.2, -0.15) is 0 Å². The smallest absolute Gasteiger partial charge is 0.273 e. The lowest BCUT2D eigenvalue weighted by atomic mass is 10.1. The fourth-order valence-electron chi connectivity index (χ4n) is 2.56. The molecule has 7 heteroatoms. The van der Waals surface area contributed by atoms with Gasteiger partial charge in [-0.05, 0) is 49.6 Å². The number of hydrazine groups is 1. The summed E-state index contributed by atoms with van der Waals surface area (Å²) in [6.07, 6.45) is 0.771. The highest BCUT2D eigenvalue weighted by Crippen LogP contribution is 2.18. The number of ether oxygens (including phenoxy) is 1. The molecule has 0 aliphatic carbocycles. The van der Waals surface area contributed by atoms with Crippen molar-refractivity contribution >= 4 is 23.4 Å². The average molecular weight is 397 g/mol. The summed E-state index contributed by atoms with van der Waals surface area (Å²) in [7, 11) is 0. The van der Waals surface area contributed by atoms with Gasteiger partial charge in [0, 0.05) is 18.5 Å².